The van der Waals surface area contributed by atoms with Gasteiger partial charge in [0.25, 0.3) is 10.0 Å². The molecule has 1 aromatic carbocycles. The van der Waals surface area contributed by atoms with E-state index < -0.39 is 22.6 Å². The predicted molar refractivity (Wildman–Crippen MR) is 112 cm³/mol. The monoisotopic (exact) mass is 473 g/mol. The maximum absolute atomic E-state index is 12.8. The molecule has 7 nitrogen and oxygen atoms in total. The molecule has 1 aliphatic rings. The number of aliphatic carboxylic acids is 1. The molecule has 1 aromatic heterocycles. The number of halogens is 2. The van der Waals surface area contributed by atoms with Gasteiger partial charge in [-0.05, 0) is 60.9 Å². The van der Waals surface area contributed by atoms with Crippen molar-refractivity contribution in [1.82, 2.24) is 4.31 Å². The van der Waals surface area contributed by atoms with E-state index in [2.05, 4.69) is 4.74 Å². The summed E-state index contributed by atoms with van der Waals surface area (Å²) in [6.45, 7) is 1.29. The second kappa shape index (κ2) is 9.43. The minimum Gasteiger partial charge on any atom is -0.478 e. The smallest absolute Gasteiger partial charge is 0.387 e. The molecule has 0 radical (unpaired) electrons. The van der Waals surface area contributed by atoms with E-state index in [0.717, 1.165) is 11.3 Å². The highest BCUT2D eigenvalue weighted by atomic mass is 32.2. The maximum Gasteiger partial charge on any atom is 0.387 e. The molecule has 168 valence electrons. The number of carboxylic acid groups (broad SMARTS) is 1. The van der Waals surface area contributed by atoms with Crippen LogP contribution in [0.3, 0.4) is 0 Å². The minimum absolute atomic E-state index is 0.0408. The Balaban J connectivity index is 1.95. The average Bonchev–Trinajstić information content (AvgIpc) is 3.20. The zero-order valence-corrected chi connectivity index (χ0v) is 18.4. The molecule has 3 rings (SSSR count). The molecule has 0 aliphatic carbocycles. The minimum atomic E-state index is -3.74. The average molecular weight is 474 g/mol. The lowest BCUT2D eigenvalue weighted by Gasteiger charge is -2.25. The van der Waals surface area contributed by atoms with Crippen LogP contribution in [0, 0.1) is 13.8 Å². The molecule has 1 saturated heterocycles. The lowest BCUT2D eigenvalue weighted by Crippen LogP contribution is -2.40. The molecule has 0 bridgehead atoms. The van der Waals surface area contributed by atoms with E-state index in [0.29, 0.717) is 29.9 Å². The molecule has 0 amide bonds. The van der Waals surface area contributed by atoms with Crippen molar-refractivity contribution in [2.45, 2.75) is 24.7 Å². The quantitative estimate of drug-likeness (QED) is 0.618. The molecule has 0 atom stereocenters. The van der Waals surface area contributed by atoms with Gasteiger partial charge in [0, 0.05) is 18.0 Å². The van der Waals surface area contributed by atoms with Crippen molar-refractivity contribution in [1.29, 1.82) is 0 Å². The van der Waals surface area contributed by atoms with E-state index in [-0.39, 0.29) is 33.5 Å². The number of nitrogens with zero attached hydrogens (tertiary/aromatic N) is 1. The summed E-state index contributed by atoms with van der Waals surface area (Å²) in [6.07, 6.45) is 1.38. The van der Waals surface area contributed by atoms with E-state index in [4.69, 9.17) is 4.74 Å². The van der Waals surface area contributed by atoms with Crippen molar-refractivity contribution in [2.75, 3.05) is 26.3 Å². The van der Waals surface area contributed by atoms with E-state index in [1.807, 2.05) is 0 Å². The van der Waals surface area contributed by atoms with Crippen molar-refractivity contribution in [3.8, 4) is 5.75 Å². The molecule has 0 saturated carbocycles. The Bertz CT molecular complexity index is 1080. The van der Waals surface area contributed by atoms with Crippen molar-refractivity contribution < 1.29 is 36.6 Å². The molecule has 2 heterocycles. The lowest BCUT2D eigenvalue weighted by molar-refractivity contribution is -0.130. The number of carboxylic acids is 1. The van der Waals surface area contributed by atoms with Gasteiger partial charge in [0.2, 0.25) is 0 Å². The number of thiophene rings is 1. The zero-order chi connectivity index (χ0) is 22.8. The fourth-order valence-electron chi connectivity index (χ4n) is 3.26. The van der Waals surface area contributed by atoms with Crippen molar-refractivity contribution >= 4 is 39.0 Å². The van der Waals surface area contributed by atoms with Gasteiger partial charge < -0.3 is 14.6 Å². The van der Waals surface area contributed by atoms with Crippen molar-refractivity contribution in [2.24, 2.45) is 0 Å². The molecular weight excluding hydrogens is 452 g/mol. The van der Waals surface area contributed by atoms with Gasteiger partial charge >= 0.3 is 12.6 Å². The molecule has 1 aliphatic heterocycles. The van der Waals surface area contributed by atoms with E-state index in [1.54, 1.807) is 13.8 Å². The maximum atomic E-state index is 12.8. The number of aryl methyl sites for hydroxylation is 2. The van der Waals surface area contributed by atoms with Crippen LogP contribution >= 0.6 is 11.3 Å². The molecule has 1 fully saturated rings. The Labute approximate surface area is 182 Å². The van der Waals surface area contributed by atoms with E-state index in [1.165, 1.54) is 34.6 Å². The molecule has 0 unspecified atom stereocenters. The summed E-state index contributed by atoms with van der Waals surface area (Å²) in [4.78, 5) is 12.2. The SMILES string of the molecule is Cc1cc(/C=C(\C(=O)O)c2ccc(S(=O)(=O)N3CCOCC3)s2)cc(C)c1OC(F)F. The lowest BCUT2D eigenvalue weighted by atomic mass is 10.0. The Hall–Kier alpha value is -2.34. The second-order valence-electron chi connectivity index (χ2n) is 6.86. The van der Waals surface area contributed by atoms with Crippen LogP contribution in [0.25, 0.3) is 11.6 Å². The Morgan fingerprint density at radius 2 is 1.84 bits per heavy atom. The summed E-state index contributed by atoms with van der Waals surface area (Å²) in [7, 11) is -3.74. The normalized spacial score (nSPS) is 16.0. The third kappa shape index (κ3) is 5.29. The Morgan fingerprint density at radius 1 is 1.23 bits per heavy atom. The summed E-state index contributed by atoms with van der Waals surface area (Å²) in [5.41, 5.74) is 1.23. The first-order valence-corrected chi connectivity index (χ1v) is 11.5. The number of benzene rings is 1. The summed E-state index contributed by atoms with van der Waals surface area (Å²) in [6, 6.07) is 5.91. The van der Waals surface area contributed by atoms with Gasteiger partial charge in [-0.3, -0.25) is 0 Å². The van der Waals surface area contributed by atoms with Crippen LogP contribution in [-0.4, -0.2) is 56.7 Å². The third-order valence-electron chi connectivity index (χ3n) is 4.64. The molecule has 11 heteroatoms. The van der Waals surface area contributed by atoms with Crippen LogP contribution in [0.15, 0.2) is 28.5 Å². The topological polar surface area (TPSA) is 93.1 Å². The highest BCUT2D eigenvalue weighted by Gasteiger charge is 2.28. The van der Waals surface area contributed by atoms with Gasteiger partial charge in [0.15, 0.2) is 0 Å². The summed E-state index contributed by atoms with van der Waals surface area (Å²) in [5.74, 6) is -1.19. The van der Waals surface area contributed by atoms with Gasteiger partial charge in [-0.25, -0.2) is 13.2 Å². The number of hydrogen-bond acceptors (Lipinski definition) is 6. The molecule has 0 spiro atoms. The fraction of sp³-hybridized carbons (Fsp3) is 0.350. The van der Waals surface area contributed by atoms with Crippen LogP contribution < -0.4 is 4.74 Å². The first kappa shape index (κ1) is 23.3. The number of alkyl halides is 2. The molecular formula is C20H21F2NO6S2. The number of hydrogen-bond donors (Lipinski definition) is 1. The van der Waals surface area contributed by atoms with Gasteiger partial charge in [0.1, 0.15) is 9.96 Å². The number of sulfonamides is 1. The summed E-state index contributed by atoms with van der Waals surface area (Å²) < 4.78 is 61.8. The van der Waals surface area contributed by atoms with Gasteiger partial charge in [-0.2, -0.15) is 13.1 Å². The number of carbonyl (C=O) groups is 1. The fourth-order valence-corrected chi connectivity index (χ4v) is 6.14. The van der Waals surface area contributed by atoms with Crippen molar-refractivity contribution in [3.63, 3.8) is 0 Å². The molecule has 2 aromatic rings. The van der Waals surface area contributed by atoms with Crippen LogP contribution in [-0.2, 0) is 19.6 Å². The van der Waals surface area contributed by atoms with Crippen LogP contribution in [0.4, 0.5) is 8.78 Å². The van der Waals surface area contributed by atoms with Crippen LogP contribution in [0.2, 0.25) is 0 Å². The second-order valence-corrected chi connectivity index (χ2v) is 10.1. The first-order chi connectivity index (χ1) is 14.6. The van der Waals surface area contributed by atoms with E-state index in [9.17, 15) is 27.1 Å². The van der Waals surface area contributed by atoms with Gasteiger partial charge in [-0.1, -0.05) is 0 Å². The van der Waals surface area contributed by atoms with Gasteiger partial charge in [-0.15, -0.1) is 11.3 Å². The molecule has 1 N–H and O–H groups in total. The number of rotatable bonds is 7. The molecule has 31 heavy (non-hydrogen) atoms. The van der Waals surface area contributed by atoms with E-state index >= 15 is 0 Å². The third-order valence-corrected chi connectivity index (χ3v) is 8.13. The zero-order valence-electron chi connectivity index (χ0n) is 16.8. The van der Waals surface area contributed by atoms with Gasteiger partial charge in [0.05, 0.1) is 18.8 Å². The number of morpholine rings is 1. The first-order valence-electron chi connectivity index (χ1n) is 9.28. The Kier molecular flexibility index (Phi) is 7.10. The standard InChI is InChI=1S/C20H21F2NO6S2/c1-12-9-14(10-13(2)18(12)29-20(21)22)11-15(19(24)25)16-3-4-17(30-16)31(26,27)23-5-7-28-8-6-23/h3-4,9-11,20H,5-8H2,1-2H3,(H,24,25)/b15-11-. The summed E-state index contributed by atoms with van der Waals surface area (Å²) >= 11 is 0.866. The predicted octanol–water partition coefficient (Wildman–Crippen LogP) is 3.61. The largest absolute Gasteiger partial charge is 0.478 e. The van der Waals surface area contributed by atoms with Crippen molar-refractivity contribution in [3.05, 3.63) is 45.8 Å². The summed E-state index contributed by atoms with van der Waals surface area (Å²) in [5, 5.41) is 9.70. The number of ether oxygens (including phenoxy) is 2. The van der Waals surface area contributed by atoms with Crippen LogP contribution in [0.5, 0.6) is 5.75 Å². The highest BCUT2D eigenvalue weighted by Crippen LogP contribution is 2.33. The highest BCUT2D eigenvalue weighted by molar-refractivity contribution is 7.91. The van der Waals surface area contributed by atoms with Crippen LogP contribution in [0.1, 0.15) is 21.6 Å². The Morgan fingerprint density at radius 3 is 2.39 bits per heavy atom.